The molecular weight excluding hydrogens is 285 g/mol. The van der Waals surface area contributed by atoms with Gasteiger partial charge in [-0.2, -0.15) is 0 Å². The summed E-state index contributed by atoms with van der Waals surface area (Å²) in [6.45, 7) is 2.13. The molecular formula is C17H16FNO3. The van der Waals surface area contributed by atoms with Crippen molar-refractivity contribution in [3.05, 3.63) is 53.7 Å². The quantitative estimate of drug-likeness (QED) is 0.808. The molecule has 0 spiro atoms. The lowest BCUT2D eigenvalue weighted by Gasteiger charge is -2.42. The lowest BCUT2D eigenvalue weighted by atomic mass is 9.81. The van der Waals surface area contributed by atoms with Crippen molar-refractivity contribution in [2.75, 3.05) is 11.5 Å². The van der Waals surface area contributed by atoms with E-state index < -0.39 is 0 Å². The Hall–Kier alpha value is -2.14. The molecule has 0 bridgehead atoms. The average molecular weight is 301 g/mol. The molecule has 2 aliphatic rings. The van der Waals surface area contributed by atoms with Crippen molar-refractivity contribution >= 4 is 11.6 Å². The molecule has 2 aromatic rings. The normalized spacial score (nSPS) is 26.6. The van der Waals surface area contributed by atoms with E-state index >= 15 is 0 Å². The molecule has 1 aromatic heterocycles. The van der Waals surface area contributed by atoms with E-state index in [9.17, 15) is 9.18 Å². The first kappa shape index (κ1) is 13.5. The number of ether oxygens (including phenoxy) is 1. The molecule has 4 rings (SSSR count). The monoisotopic (exact) mass is 301 g/mol. The number of fused-ring (bicyclic) bond motifs is 3. The Bertz CT molecular complexity index is 713. The van der Waals surface area contributed by atoms with Crippen LogP contribution in [-0.4, -0.2) is 12.5 Å². The number of nitrogens with zero attached hydrogens (tertiary/aromatic N) is 1. The highest BCUT2D eigenvalue weighted by Gasteiger charge is 2.47. The zero-order valence-corrected chi connectivity index (χ0v) is 12.2. The van der Waals surface area contributed by atoms with Crippen molar-refractivity contribution in [1.82, 2.24) is 0 Å². The predicted molar refractivity (Wildman–Crippen MR) is 77.8 cm³/mol. The van der Waals surface area contributed by atoms with Gasteiger partial charge in [-0.3, -0.25) is 4.79 Å². The molecule has 4 nitrogen and oxygen atoms in total. The zero-order valence-electron chi connectivity index (χ0n) is 12.2. The molecule has 1 aromatic carbocycles. The van der Waals surface area contributed by atoms with Crippen molar-refractivity contribution in [3.63, 3.8) is 0 Å². The average Bonchev–Trinajstić information content (AvgIpc) is 3.17. The molecule has 0 saturated carbocycles. The molecule has 2 aliphatic heterocycles. The molecule has 1 fully saturated rings. The van der Waals surface area contributed by atoms with Crippen LogP contribution in [0.2, 0.25) is 0 Å². The molecule has 0 unspecified atom stereocenters. The van der Waals surface area contributed by atoms with Gasteiger partial charge in [-0.25, -0.2) is 4.39 Å². The molecule has 3 heterocycles. The first-order valence-electron chi connectivity index (χ1n) is 7.41. The Morgan fingerprint density at radius 3 is 2.95 bits per heavy atom. The minimum Gasteiger partial charge on any atom is -0.467 e. The van der Waals surface area contributed by atoms with E-state index in [0.29, 0.717) is 12.3 Å². The van der Waals surface area contributed by atoms with Crippen LogP contribution in [0.4, 0.5) is 10.1 Å². The second-order valence-electron chi connectivity index (χ2n) is 5.80. The van der Waals surface area contributed by atoms with Gasteiger partial charge in [0.15, 0.2) is 0 Å². The van der Waals surface area contributed by atoms with Crippen LogP contribution in [0, 0.1) is 11.7 Å². The van der Waals surface area contributed by atoms with Gasteiger partial charge in [-0.15, -0.1) is 0 Å². The maximum Gasteiger partial charge on any atom is 0.224 e. The van der Waals surface area contributed by atoms with Crippen LogP contribution in [0.3, 0.4) is 0 Å². The largest absolute Gasteiger partial charge is 0.467 e. The number of carbonyl (C=O) groups excluding carboxylic acids is 1. The van der Waals surface area contributed by atoms with Gasteiger partial charge >= 0.3 is 0 Å². The molecule has 1 amide bonds. The fourth-order valence-electron chi connectivity index (χ4n) is 3.73. The van der Waals surface area contributed by atoms with E-state index in [1.54, 1.807) is 17.2 Å². The third-order valence-corrected chi connectivity index (χ3v) is 4.55. The van der Waals surface area contributed by atoms with Crippen molar-refractivity contribution in [2.24, 2.45) is 5.92 Å². The Morgan fingerprint density at radius 1 is 1.36 bits per heavy atom. The molecule has 22 heavy (non-hydrogen) atoms. The molecule has 3 atom stereocenters. The summed E-state index contributed by atoms with van der Waals surface area (Å²) in [6.07, 6.45) is 2.23. The van der Waals surface area contributed by atoms with Crippen LogP contribution in [-0.2, 0) is 9.53 Å². The summed E-state index contributed by atoms with van der Waals surface area (Å²) in [7, 11) is 0. The lowest BCUT2D eigenvalue weighted by molar-refractivity contribution is -0.117. The van der Waals surface area contributed by atoms with Gasteiger partial charge in [0, 0.05) is 25.0 Å². The SMILES string of the molecule is CC(=O)N1c2ccc(F)cc2[C@H]2OCC[C@@H]2[C@@H]1c1ccco1. The maximum absolute atomic E-state index is 13.7. The predicted octanol–water partition coefficient (Wildman–Crippen LogP) is 3.60. The number of furan rings is 1. The Balaban J connectivity index is 1.92. The number of halogens is 1. The van der Waals surface area contributed by atoms with Gasteiger partial charge in [0.2, 0.25) is 5.91 Å². The molecule has 0 radical (unpaired) electrons. The van der Waals surface area contributed by atoms with Gasteiger partial charge in [-0.1, -0.05) is 0 Å². The van der Waals surface area contributed by atoms with Gasteiger partial charge in [-0.05, 0) is 36.8 Å². The second kappa shape index (κ2) is 4.95. The van der Waals surface area contributed by atoms with E-state index in [2.05, 4.69) is 0 Å². The van der Waals surface area contributed by atoms with Crippen molar-refractivity contribution in [2.45, 2.75) is 25.5 Å². The number of amides is 1. The van der Waals surface area contributed by atoms with Crippen molar-refractivity contribution in [3.8, 4) is 0 Å². The van der Waals surface area contributed by atoms with Crippen LogP contribution in [0.25, 0.3) is 0 Å². The Morgan fingerprint density at radius 2 is 2.23 bits per heavy atom. The van der Waals surface area contributed by atoms with E-state index in [-0.39, 0.29) is 29.8 Å². The van der Waals surface area contributed by atoms with Gasteiger partial charge < -0.3 is 14.1 Å². The van der Waals surface area contributed by atoms with E-state index in [0.717, 1.165) is 17.7 Å². The van der Waals surface area contributed by atoms with Gasteiger partial charge in [0.1, 0.15) is 17.6 Å². The summed E-state index contributed by atoms with van der Waals surface area (Å²) >= 11 is 0. The summed E-state index contributed by atoms with van der Waals surface area (Å²) in [6, 6.07) is 8.00. The van der Waals surface area contributed by atoms with Gasteiger partial charge in [0.05, 0.1) is 18.1 Å². The molecule has 5 heteroatoms. The Kier molecular flexibility index (Phi) is 3.04. The second-order valence-corrected chi connectivity index (χ2v) is 5.80. The zero-order chi connectivity index (χ0) is 15.3. The third-order valence-electron chi connectivity index (χ3n) is 4.55. The topological polar surface area (TPSA) is 42.7 Å². The fraction of sp³-hybridized carbons (Fsp3) is 0.353. The maximum atomic E-state index is 13.7. The number of rotatable bonds is 1. The van der Waals surface area contributed by atoms with Crippen LogP contribution < -0.4 is 4.90 Å². The lowest BCUT2D eigenvalue weighted by Crippen LogP contribution is -2.42. The number of benzene rings is 1. The molecule has 1 saturated heterocycles. The van der Waals surface area contributed by atoms with Crippen LogP contribution in [0.15, 0.2) is 41.0 Å². The third kappa shape index (κ3) is 1.89. The van der Waals surface area contributed by atoms with Crippen molar-refractivity contribution in [1.29, 1.82) is 0 Å². The smallest absolute Gasteiger partial charge is 0.224 e. The van der Waals surface area contributed by atoms with Crippen LogP contribution in [0.1, 0.15) is 36.8 Å². The van der Waals surface area contributed by atoms with Crippen LogP contribution in [0.5, 0.6) is 0 Å². The first-order chi connectivity index (χ1) is 10.7. The minimum atomic E-state index is -0.312. The number of hydrogen-bond acceptors (Lipinski definition) is 3. The summed E-state index contributed by atoms with van der Waals surface area (Å²) in [4.78, 5) is 14.0. The number of hydrogen-bond donors (Lipinski definition) is 0. The highest BCUT2D eigenvalue weighted by Crippen LogP contribution is 2.53. The summed E-state index contributed by atoms with van der Waals surface area (Å²) < 4.78 is 25.1. The van der Waals surface area contributed by atoms with E-state index in [1.807, 2.05) is 12.1 Å². The van der Waals surface area contributed by atoms with Gasteiger partial charge in [0.25, 0.3) is 0 Å². The molecule has 114 valence electrons. The van der Waals surface area contributed by atoms with Crippen LogP contribution >= 0.6 is 0 Å². The summed E-state index contributed by atoms with van der Waals surface area (Å²) in [5, 5.41) is 0. The highest BCUT2D eigenvalue weighted by molar-refractivity contribution is 5.94. The Labute approximate surface area is 127 Å². The summed E-state index contributed by atoms with van der Waals surface area (Å²) in [5.74, 6) is 0.419. The standard InChI is InChI=1S/C17H16FNO3/c1-10(20)19-14-5-4-11(18)9-13(14)17-12(6-8-22-17)16(19)15-3-2-7-21-15/h2-5,7,9,12,16-17H,6,8H2,1H3/t12-,16-,17+/m1/s1. The minimum absolute atomic E-state index is 0.0735. The van der Waals surface area contributed by atoms with Crippen molar-refractivity contribution < 1.29 is 18.3 Å². The molecule has 0 aliphatic carbocycles. The number of anilines is 1. The van der Waals surface area contributed by atoms with E-state index in [1.165, 1.54) is 19.1 Å². The fourth-order valence-corrected chi connectivity index (χ4v) is 3.73. The molecule has 0 N–H and O–H groups in total. The highest BCUT2D eigenvalue weighted by atomic mass is 19.1. The summed E-state index contributed by atoms with van der Waals surface area (Å²) in [5.41, 5.74) is 1.46. The number of carbonyl (C=O) groups is 1. The first-order valence-corrected chi connectivity index (χ1v) is 7.41. The van der Waals surface area contributed by atoms with E-state index in [4.69, 9.17) is 9.15 Å².